The Bertz CT molecular complexity index is 624. The molecule has 0 saturated carbocycles. The quantitative estimate of drug-likeness (QED) is 0.898. The molecule has 0 atom stereocenters. The molecule has 2 rings (SSSR count). The van der Waals surface area contributed by atoms with Crippen molar-refractivity contribution in [1.82, 2.24) is 10.3 Å². The maximum Gasteiger partial charge on any atom is 0.416 e. The van der Waals surface area contributed by atoms with Crippen LogP contribution in [-0.2, 0) is 17.4 Å². The average Bonchev–Trinajstić information content (AvgIpc) is 2.74. The molecule has 0 radical (unpaired) electrons. The van der Waals surface area contributed by atoms with Gasteiger partial charge in [0.15, 0.2) is 5.82 Å². The molecule has 106 valence electrons. The molecule has 0 bridgehead atoms. The summed E-state index contributed by atoms with van der Waals surface area (Å²) in [5.41, 5.74) is 4.67. The SMILES string of the molecule is Nc1nonc1CC(=O)Nc1cccc(C(F)(F)F)c1. The third-order valence-electron chi connectivity index (χ3n) is 2.39. The number of halogens is 3. The van der Waals surface area contributed by atoms with Crippen molar-refractivity contribution in [3.63, 3.8) is 0 Å². The molecule has 20 heavy (non-hydrogen) atoms. The van der Waals surface area contributed by atoms with E-state index in [9.17, 15) is 18.0 Å². The van der Waals surface area contributed by atoms with E-state index in [4.69, 9.17) is 5.73 Å². The number of nitrogens with two attached hydrogens (primary N) is 1. The minimum Gasteiger partial charge on any atom is -0.379 e. The molecule has 9 heteroatoms. The first kappa shape index (κ1) is 13.8. The number of hydrogen-bond donors (Lipinski definition) is 2. The lowest BCUT2D eigenvalue weighted by Gasteiger charge is -2.09. The first-order valence-electron chi connectivity index (χ1n) is 5.40. The van der Waals surface area contributed by atoms with Gasteiger partial charge in [-0.1, -0.05) is 11.2 Å². The van der Waals surface area contributed by atoms with Crippen molar-refractivity contribution in [3.05, 3.63) is 35.5 Å². The van der Waals surface area contributed by atoms with Crippen LogP contribution in [0, 0.1) is 0 Å². The summed E-state index contributed by atoms with van der Waals surface area (Å²) >= 11 is 0. The Labute approximate surface area is 110 Å². The first-order chi connectivity index (χ1) is 9.36. The lowest BCUT2D eigenvalue weighted by molar-refractivity contribution is -0.137. The summed E-state index contributed by atoms with van der Waals surface area (Å²) in [6.07, 6.45) is -4.72. The Hall–Kier alpha value is -2.58. The lowest BCUT2D eigenvalue weighted by Crippen LogP contribution is -2.16. The number of carbonyl (C=O) groups is 1. The number of benzene rings is 1. The first-order valence-corrected chi connectivity index (χ1v) is 5.40. The molecule has 0 aliphatic carbocycles. The predicted octanol–water partition coefficient (Wildman–Crippen LogP) is 1.85. The number of rotatable bonds is 3. The number of nitrogen functional groups attached to an aromatic ring is 1. The number of amides is 1. The van der Waals surface area contributed by atoms with Gasteiger partial charge >= 0.3 is 6.18 Å². The van der Waals surface area contributed by atoms with Crippen molar-refractivity contribution in [3.8, 4) is 0 Å². The zero-order valence-corrected chi connectivity index (χ0v) is 9.94. The van der Waals surface area contributed by atoms with Crippen molar-refractivity contribution >= 4 is 17.4 Å². The van der Waals surface area contributed by atoms with Crippen LogP contribution in [-0.4, -0.2) is 16.2 Å². The lowest BCUT2D eigenvalue weighted by atomic mass is 10.2. The summed E-state index contributed by atoms with van der Waals surface area (Å²) < 4.78 is 41.8. The minimum atomic E-state index is -4.47. The maximum atomic E-state index is 12.5. The van der Waals surface area contributed by atoms with Crippen LogP contribution in [0.25, 0.3) is 0 Å². The van der Waals surface area contributed by atoms with Gasteiger partial charge in [-0.3, -0.25) is 4.79 Å². The van der Waals surface area contributed by atoms with Gasteiger partial charge < -0.3 is 11.1 Å². The van der Waals surface area contributed by atoms with Gasteiger partial charge in [-0.15, -0.1) is 0 Å². The van der Waals surface area contributed by atoms with Crippen LogP contribution in [0.2, 0.25) is 0 Å². The molecule has 3 N–H and O–H groups in total. The van der Waals surface area contributed by atoms with Gasteiger partial charge in [0.1, 0.15) is 5.69 Å². The molecule has 1 aromatic carbocycles. The van der Waals surface area contributed by atoms with Crippen LogP contribution >= 0.6 is 0 Å². The van der Waals surface area contributed by atoms with Gasteiger partial charge in [0.2, 0.25) is 5.91 Å². The Morgan fingerprint density at radius 1 is 1.35 bits per heavy atom. The standard InChI is InChI=1S/C11H9F3N4O2/c12-11(13,14)6-2-1-3-7(4-6)16-9(19)5-8-10(15)18-20-17-8/h1-4H,5H2,(H2,15,18)(H,16,19). The fraction of sp³-hybridized carbons (Fsp3) is 0.182. The third-order valence-corrected chi connectivity index (χ3v) is 2.39. The second-order valence-electron chi connectivity index (χ2n) is 3.90. The van der Waals surface area contributed by atoms with Crippen molar-refractivity contribution in [2.24, 2.45) is 0 Å². The molecule has 0 spiro atoms. The molecule has 0 saturated heterocycles. The number of carbonyl (C=O) groups excluding carboxylic acids is 1. The predicted molar refractivity (Wildman–Crippen MR) is 62.5 cm³/mol. The van der Waals surface area contributed by atoms with E-state index >= 15 is 0 Å². The fourth-order valence-corrected chi connectivity index (χ4v) is 1.47. The molecule has 6 nitrogen and oxygen atoms in total. The van der Waals surface area contributed by atoms with Gasteiger partial charge in [-0.25, -0.2) is 4.63 Å². The summed E-state index contributed by atoms with van der Waals surface area (Å²) in [7, 11) is 0. The highest BCUT2D eigenvalue weighted by molar-refractivity contribution is 5.92. The Balaban J connectivity index is 2.07. The van der Waals surface area contributed by atoms with Gasteiger partial charge in [-0.2, -0.15) is 13.2 Å². The van der Waals surface area contributed by atoms with Crippen LogP contribution in [0.4, 0.5) is 24.7 Å². The van der Waals surface area contributed by atoms with E-state index in [2.05, 4.69) is 20.3 Å². The van der Waals surface area contributed by atoms with E-state index in [0.717, 1.165) is 12.1 Å². The monoisotopic (exact) mass is 286 g/mol. The molecule has 1 amide bonds. The number of hydrogen-bond acceptors (Lipinski definition) is 5. The summed E-state index contributed by atoms with van der Waals surface area (Å²) in [5.74, 6) is -0.615. The Kier molecular flexibility index (Phi) is 3.59. The van der Waals surface area contributed by atoms with Gasteiger partial charge in [0, 0.05) is 5.69 Å². The molecule has 0 fully saturated rings. The van der Waals surface area contributed by atoms with Crippen LogP contribution in [0.15, 0.2) is 28.9 Å². The molecular formula is C11H9F3N4O2. The maximum absolute atomic E-state index is 12.5. The molecule has 1 aromatic heterocycles. The summed E-state index contributed by atoms with van der Waals surface area (Å²) in [5, 5.41) is 9.00. The Morgan fingerprint density at radius 2 is 2.10 bits per heavy atom. The molecule has 0 aliphatic heterocycles. The number of aromatic nitrogens is 2. The highest BCUT2D eigenvalue weighted by Gasteiger charge is 2.30. The van der Waals surface area contributed by atoms with Crippen LogP contribution in [0.5, 0.6) is 0 Å². The van der Waals surface area contributed by atoms with Crippen molar-refractivity contribution < 1.29 is 22.6 Å². The van der Waals surface area contributed by atoms with E-state index in [1.807, 2.05) is 0 Å². The van der Waals surface area contributed by atoms with Crippen LogP contribution in [0.1, 0.15) is 11.3 Å². The van der Waals surface area contributed by atoms with E-state index in [1.54, 1.807) is 0 Å². The summed E-state index contributed by atoms with van der Waals surface area (Å²) in [4.78, 5) is 11.6. The van der Waals surface area contributed by atoms with Crippen molar-refractivity contribution in [1.29, 1.82) is 0 Å². The van der Waals surface area contributed by atoms with Gasteiger partial charge in [0.05, 0.1) is 12.0 Å². The molecule has 2 aromatic rings. The normalized spacial score (nSPS) is 11.3. The van der Waals surface area contributed by atoms with Crippen molar-refractivity contribution in [2.45, 2.75) is 12.6 Å². The number of anilines is 2. The van der Waals surface area contributed by atoms with Gasteiger partial charge in [-0.05, 0) is 23.4 Å². The van der Waals surface area contributed by atoms with E-state index in [1.165, 1.54) is 12.1 Å². The average molecular weight is 286 g/mol. The number of nitrogens with one attached hydrogen (secondary N) is 1. The topological polar surface area (TPSA) is 94.0 Å². The third kappa shape index (κ3) is 3.25. The van der Waals surface area contributed by atoms with E-state index in [-0.39, 0.29) is 23.6 Å². The molecule has 0 aliphatic rings. The highest BCUT2D eigenvalue weighted by atomic mass is 19.4. The smallest absolute Gasteiger partial charge is 0.379 e. The summed E-state index contributed by atoms with van der Waals surface area (Å²) in [6.45, 7) is 0. The minimum absolute atomic E-state index is 0.0276. The number of nitrogens with zero attached hydrogens (tertiary/aromatic N) is 2. The second kappa shape index (κ2) is 5.19. The largest absolute Gasteiger partial charge is 0.416 e. The summed E-state index contributed by atoms with van der Waals surface area (Å²) in [6, 6.07) is 4.29. The zero-order valence-electron chi connectivity index (χ0n) is 9.94. The van der Waals surface area contributed by atoms with Crippen LogP contribution in [0.3, 0.4) is 0 Å². The Morgan fingerprint density at radius 3 is 2.70 bits per heavy atom. The van der Waals surface area contributed by atoms with Crippen LogP contribution < -0.4 is 11.1 Å². The molecule has 0 unspecified atom stereocenters. The molecular weight excluding hydrogens is 277 g/mol. The zero-order chi connectivity index (χ0) is 14.8. The van der Waals surface area contributed by atoms with E-state index < -0.39 is 17.6 Å². The molecule has 1 heterocycles. The second-order valence-corrected chi connectivity index (χ2v) is 3.90. The van der Waals surface area contributed by atoms with E-state index in [0.29, 0.717) is 0 Å². The fourth-order valence-electron chi connectivity index (χ4n) is 1.47. The van der Waals surface area contributed by atoms with Crippen molar-refractivity contribution in [2.75, 3.05) is 11.1 Å². The van der Waals surface area contributed by atoms with Gasteiger partial charge in [0.25, 0.3) is 0 Å². The highest BCUT2D eigenvalue weighted by Crippen LogP contribution is 2.30. The number of alkyl halides is 3.